The van der Waals surface area contributed by atoms with E-state index in [0.29, 0.717) is 0 Å². The summed E-state index contributed by atoms with van der Waals surface area (Å²) in [6.07, 6.45) is 8.32. The van der Waals surface area contributed by atoms with Crippen LogP contribution in [0.3, 0.4) is 0 Å². The van der Waals surface area contributed by atoms with E-state index in [2.05, 4.69) is 43.8 Å². The third-order valence-corrected chi connectivity index (χ3v) is 5.44. The first kappa shape index (κ1) is 16.7. The van der Waals surface area contributed by atoms with Crippen LogP contribution < -0.4 is 4.90 Å². The van der Waals surface area contributed by atoms with Crippen LogP contribution in [0.25, 0.3) is 0 Å². The molecule has 23 heavy (non-hydrogen) atoms. The first-order chi connectivity index (χ1) is 11.0. The van der Waals surface area contributed by atoms with Gasteiger partial charge in [-0.25, -0.2) is 9.97 Å². The minimum atomic E-state index is 0.282. The van der Waals surface area contributed by atoms with Crippen molar-refractivity contribution >= 4 is 5.82 Å². The van der Waals surface area contributed by atoms with Crippen molar-refractivity contribution in [3.8, 4) is 0 Å². The highest BCUT2D eigenvalue weighted by Crippen LogP contribution is 2.33. The summed E-state index contributed by atoms with van der Waals surface area (Å²) in [5, 5.41) is 0. The Balaban J connectivity index is 1.62. The zero-order valence-electron chi connectivity index (χ0n) is 15.3. The molecule has 1 atom stereocenters. The van der Waals surface area contributed by atoms with Gasteiger partial charge < -0.3 is 4.90 Å². The number of anilines is 1. The van der Waals surface area contributed by atoms with Gasteiger partial charge in [0.05, 0.1) is 6.04 Å². The lowest BCUT2D eigenvalue weighted by Gasteiger charge is -2.25. The Morgan fingerprint density at radius 2 is 1.65 bits per heavy atom. The van der Waals surface area contributed by atoms with Crippen molar-refractivity contribution in [2.24, 2.45) is 11.8 Å². The van der Waals surface area contributed by atoms with Crippen molar-refractivity contribution in [1.82, 2.24) is 14.9 Å². The molecule has 128 valence electrons. The molecule has 2 saturated carbocycles. The number of aryl methyl sites for hydroxylation is 1. The molecule has 2 aliphatic rings. The van der Waals surface area contributed by atoms with E-state index in [1.165, 1.54) is 38.5 Å². The normalized spacial score (nSPS) is 19.2. The fraction of sp³-hybridized carbons (Fsp3) is 0.789. The molecule has 0 unspecified atom stereocenters. The van der Waals surface area contributed by atoms with Gasteiger partial charge in [0, 0.05) is 25.4 Å². The smallest absolute Gasteiger partial charge is 0.147 e. The van der Waals surface area contributed by atoms with Gasteiger partial charge >= 0.3 is 0 Å². The van der Waals surface area contributed by atoms with Crippen LogP contribution in [0.1, 0.15) is 63.0 Å². The number of aromatic nitrogens is 2. The first-order valence-electron chi connectivity index (χ1n) is 9.30. The molecule has 2 fully saturated rings. The number of hydrogen-bond donors (Lipinski definition) is 0. The largest absolute Gasteiger partial charge is 0.360 e. The Morgan fingerprint density at radius 1 is 1.04 bits per heavy atom. The second kappa shape index (κ2) is 7.16. The summed E-state index contributed by atoms with van der Waals surface area (Å²) < 4.78 is 0. The molecule has 0 spiro atoms. The molecule has 2 aliphatic carbocycles. The van der Waals surface area contributed by atoms with Crippen LogP contribution in [-0.2, 0) is 0 Å². The van der Waals surface area contributed by atoms with E-state index in [9.17, 15) is 0 Å². The minimum absolute atomic E-state index is 0.282. The maximum absolute atomic E-state index is 4.87. The fourth-order valence-electron chi connectivity index (χ4n) is 3.04. The molecule has 1 heterocycles. The third-order valence-electron chi connectivity index (χ3n) is 5.44. The molecule has 1 aromatic rings. The van der Waals surface area contributed by atoms with E-state index in [1.807, 2.05) is 0 Å². The number of hydrogen-bond acceptors (Lipinski definition) is 4. The van der Waals surface area contributed by atoms with Crippen molar-refractivity contribution in [3.05, 3.63) is 17.6 Å². The summed E-state index contributed by atoms with van der Waals surface area (Å²) in [6.45, 7) is 6.57. The van der Waals surface area contributed by atoms with Crippen LogP contribution in [0.2, 0.25) is 0 Å². The molecule has 4 heteroatoms. The topological polar surface area (TPSA) is 32.3 Å². The van der Waals surface area contributed by atoms with Gasteiger partial charge in [-0.3, -0.25) is 4.90 Å². The summed E-state index contributed by atoms with van der Waals surface area (Å²) in [6, 6.07) is 2.40. The van der Waals surface area contributed by atoms with Crippen molar-refractivity contribution in [2.45, 2.75) is 58.4 Å². The summed E-state index contributed by atoms with van der Waals surface area (Å²) in [5.74, 6) is 3.99. The van der Waals surface area contributed by atoms with Crippen molar-refractivity contribution in [2.75, 3.05) is 32.1 Å². The molecule has 0 aromatic carbocycles. The maximum Gasteiger partial charge on any atom is 0.147 e. The number of rotatable bonds is 9. The molecule has 3 rings (SSSR count). The molecule has 1 aromatic heterocycles. The Bertz CT molecular complexity index is 522. The predicted molar refractivity (Wildman–Crippen MR) is 95.8 cm³/mol. The van der Waals surface area contributed by atoms with Gasteiger partial charge in [0.1, 0.15) is 11.6 Å². The van der Waals surface area contributed by atoms with Gasteiger partial charge in [-0.2, -0.15) is 0 Å². The zero-order chi connectivity index (χ0) is 16.4. The standard InChI is InChI=1S/C19H32N4/c1-14-13-18(23(4)12-10-17-7-8-17)21-19(20-14)15(2)22(3)11-9-16-5-6-16/h13,15-17H,5-12H2,1-4H3/t15-/m0/s1. The zero-order valence-corrected chi connectivity index (χ0v) is 15.3. The van der Waals surface area contributed by atoms with Crippen LogP contribution >= 0.6 is 0 Å². The Morgan fingerprint density at radius 3 is 2.26 bits per heavy atom. The molecule has 0 radical (unpaired) electrons. The SMILES string of the molecule is Cc1cc(N(C)CCC2CC2)nc([C@H](C)N(C)CCC2CC2)n1. The molecule has 0 aliphatic heterocycles. The first-order valence-corrected chi connectivity index (χ1v) is 9.30. The molecule has 0 amide bonds. The molecule has 4 nitrogen and oxygen atoms in total. The van der Waals surface area contributed by atoms with Crippen molar-refractivity contribution in [3.63, 3.8) is 0 Å². The van der Waals surface area contributed by atoms with E-state index in [-0.39, 0.29) is 6.04 Å². The predicted octanol–water partition coefficient (Wildman–Crippen LogP) is 3.81. The summed E-state index contributed by atoms with van der Waals surface area (Å²) >= 11 is 0. The van der Waals surface area contributed by atoms with Crippen molar-refractivity contribution in [1.29, 1.82) is 0 Å². The van der Waals surface area contributed by atoms with E-state index < -0.39 is 0 Å². The van der Waals surface area contributed by atoms with Crippen molar-refractivity contribution < 1.29 is 0 Å². The second-order valence-corrected chi connectivity index (χ2v) is 7.77. The van der Waals surface area contributed by atoms with Crippen LogP contribution in [-0.4, -0.2) is 42.1 Å². The van der Waals surface area contributed by atoms with E-state index >= 15 is 0 Å². The van der Waals surface area contributed by atoms with Crippen LogP contribution in [0.5, 0.6) is 0 Å². The molecular formula is C19H32N4. The van der Waals surface area contributed by atoms with E-state index in [1.54, 1.807) is 0 Å². The van der Waals surface area contributed by atoms with Gasteiger partial charge in [0.25, 0.3) is 0 Å². The Hall–Kier alpha value is -1.16. The molecule has 0 saturated heterocycles. The van der Waals surface area contributed by atoms with Gasteiger partial charge in [0.2, 0.25) is 0 Å². The monoisotopic (exact) mass is 316 g/mol. The second-order valence-electron chi connectivity index (χ2n) is 7.77. The van der Waals surface area contributed by atoms with Gasteiger partial charge in [0.15, 0.2) is 0 Å². The quantitative estimate of drug-likeness (QED) is 0.693. The van der Waals surface area contributed by atoms with E-state index in [0.717, 1.165) is 42.3 Å². The highest BCUT2D eigenvalue weighted by Gasteiger charge is 2.24. The minimum Gasteiger partial charge on any atom is -0.360 e. The number of nitrogens with zero attached hydrogens (tertiary/aromatic N) is 4. The molecule has 0 N–H and O–H groups in total. The molecule has 0 bridgehead atoms. The maximum atomic E-state index is 4.87. The third kappa shape index (κ3) is 4.90. The van der Waals surface area contributed by atoms with Crippen LogP contribution in [0.15, 0.2) is 6.07 Å². The highest BCUT2D eigenvalue weighted by atomic mass is 15.2. The fourth-order valence-corrected chi connectivity index (χ4v) is 3.04. The lowest BCUT2D eigenvalue weighted by Crippen LogP contribution is -2.27. The molecular weight excluding hydrogens is 284 g/mol. The average Bonchev–Trinajstić information content (AvgIpc) is 3.43. The summed E-state index contributed by atoms with van der Waals surface area (Å²) in [5.41, 5.74) is 1.07. The Labute approximate surface area is 141 Å². The summed E-state index contributed by atoms with van der Waals surface area (Å²) in [4.78, 5) is 14.3. The van der Waals surface area contributed by atoms with Gasteiger partial charge in [-0.1, -0.05) is 25.7 Å². The van der Waals surface area contributed by atoms with Gasteiger partial charge in [-0.15, -0.1) is 0 Å². The highest BCUT2D eigenvalue weighted by molar-refractivity contribution is 5.39. The van der Waals surface area contributed by atoms with Gasteiger partial charge in [-0.05, 0) is 52.1 Å². The summed E-state index contributed by atoms with van der Waals surface area (Å²) in [7, 11) is 4.37. The average molecular weight is 316 g/mol. The van der Waals surface area contributed by atoms with E-state index in [4.69, 9.17) is 9.97 Å². The lowest BCUT2D eigenvalue weighted by molar-refractivity contribution is 0.244. The Kier molecular flexibility index (Phi) is 5.20. The van der Waals surface area contributed by atoms with Crippen LogP contribution in [0, 0.1) is 18.8 Å². The lowest BCUT2D eigenvalue weighted by atomic mass is 10.2. The van der Waals surface area contributed by atoms with Crippen LogP contribution in [0.4, 0.5) is 5.82 Å².